The molecule has 1 fully saturated rings. The van der Waals surface area contributed by atoms with E-state index in [0.29, 0.717) is 16.8 Å². The number of aliphatic hydroxyl groups is 1. The number of esters is 1. The lowest BCUT2D eigenvalue weighted by atomic mass is 9.93. The molecule has 2 aliphatic rings. The van der Waals surface area contributed by atoms with Crippen LogP contribution in [-0.2, 0) is 75.4 Å². The number of aliphatic carboxylic acids is 2. The molecule has 0 unspecified atom stereocenters. The minimum atomic E-state index is -5.28. The Balaban J connectivity index is 1.41. The van der Waals surface area contributed by atoms with Crippen molar-refractivity contribution in [3.63, 3.8) is 0 Å². The molecule has 1 amide bonds. The molecule has 0 spiro atoms. The number of aliphatic hydroxyl groups excluding tert-OH is 1. The molecule has 0 radical (unpaired) electrons. The van der Waals surface area contributed by atoms with Gasteiger partial charge >= 0.3 is 30.3 Å². The third-order valence-electron chi connectivity index (χ3n) is 12.1. The number of halogens is 11. The zero-order valence-corrected chi connectivity index (χ0v) is 41.2. The maximum atomic E-state index is 15.6. The van der Waals surface area contributed by atoms with E-state index in [1.165, 1.54) is 13.8 Å². The predicted molar refractivity (Wildman–Crippen MR) is 244 cm³/mol. The Bertz CT molecular complexity index is 3520. The number of fused-ring (bicyclic) bond motifs is 4. The van der Waals surface area contributed by atoms with Crippen LogP contribution in [0.25, 0.3) is 22.0 Å². The van der Waals surface area contributed by atoms with Crippen LogP contribution < -0.4 is 10.0 Å². The summed E-state index contributed by atoms with van der Waals surface area (Å²) in [6.07, 6.45) is -16.0. The number of aromatic nitrogens is 4. The lowest BCUT2D eigenvalue weighted by Crippen LogP contribution is -2.44. The fourth-order valence-corrected chi connectivity index (χ4v) is 9.79. The van der Waals surface area contributed by atoms with Gasteiger partial charge in [0.2, 0.25) is 22.0 Å². The quantitative estimate of drug-likeness (QED) is 0.0402. The fourth-order valence-electron chi connectivity index (χ4n) is 8.43. The molecule has 2 aromatic carbocycles. The van der Waals surface area contributed by atoms with Crippen molar-refractivity contribution in [2.24, 2.45) is 5.92 Å². The molecule has 408 valence electrons. The first kappa shape index (κ1) is 56.8. The number of carboxylic acid groups (broad SMARTS) is 2. The number of nitrogens with zero attached hydrogens (tertiary/aromatic N) is 4. The van der Waals surface area contributed by atoms with Crippen LogP contribution in [0.4, 0.5) is 49.7 Å². The summed E-state index contributed by atoms with van der Waals surface area (Å²) in [6, 6.07) is 4.34. The Hall–Kier alpha value is -6.97. The number of carbonyl (C=O) groups excluding carboxylic acids is 2. The van der Waals surface area contributed by atoms with Crippen molar-refractivity contribution < 1.29 is 100.0 Å². The zero-order valence-electron chi connectivity index (χ0n) is 38.8. The molecular weight excluding hydrogens is 1110 g/mol. The van der Waals surface area contributed by atoms with Crippen LogP contribution in [0, 0.1) is 29.4 Å². The number of hydrogen-bond donors (Lipinski definition) is 5. The van der Waals surface area contributed by atoms with Crippen LogP contribution in [0.3, 0.4) is 0 Å². The monoisotopic (exact) mass is 1140 g/mol. The largest absolute Gasteiger partial charge is 0.479 e. The van der Waals surface area contributed by atoms with Gasteiger partial charge in [0.05, 0.1) is 38.9 Å². The fraction of sp³-hybridized carbons (Fsp3) is 0.378. The highest BCUT2D eigenvalue weighted by atomic mass is 35.5. The second-order valence-electron chi connectivity index (χ2n) is 18.1. The second kappa shape index (κ2) is 19.9. The van der Waals surface area contributed by atoms with E-state index in [4.69, 9.17) is 16.7 Å². The second-order valence-corrected chi connectivity index (χ2v) is 22.8. The number of benzene rings is 2. The predicted octanol–water partition coefficient (Wildman–Crippen LogP) is 6.08. The van der Waals surface area contributed by atoms with Crippen LogP contribution in [0.2, 0.25) is 5.02 Å². The van der Waals surface area contributed by atoms with Gasteiger partial charge in [-0.05, 0) is 80.0 Å². The van der Waals surface area contributed by atoms with Gasteiger partial charge in [-0.3, -0.25) is 19.0 Å². The summed E-state index contributed by atoms with van der Waals surface area (Å²) >= 11 is 6.50. The molecule has 1 saturated carbocycles. The van der Waals surface area contributed by atoms with Crippen molar-refractivity contribution in [1.82, 2.24) is 24.6 Å². The number of anilines is 1. The molecule has 5 atom stereocenters. The number of rotatable bonds is 17. The number of alkyl halides is 8. The SMILES string of the molecule is CC(C)(C#Cc1ccc(-c2ccc(Cl)c3c(NS(=O)(=O)CC(=O)O[C@H](C(=O)O)[C@H](O)C(=O)O)nn(CC(F)(F)F)c23)c([C@H](Cc2cc(F)cc(F)c2)NC(=O)Cn2cc(C(F)(F)F)c3c2C(F)(F)[C@@H]2C[C@H]32)n1)S(C)(=O)=O. The maximum Gasteiger partial charge on any atom is 0.418 e. The van der Waals surface area contributed by atoms with Crippen molar-refractivity contribution in [2.75, 3.05) is 16.7 Å². The standard InChI is InChI=1S/C45H37ClF10N6O12S2/c1-42(2,75(3,70)71)9-8-22-4-5-23(24-6-7-28(46)33-35(24)62(18-43(49,50)51)59-39(33)60-76(72,73)17-31(64)74-37(41(68)69)36(65)40(66)67)34(57-22)29(12-19-10-20(47)13-21(48)11-19)58-30(63)16-61-15-27(45(54,55)56)32-25-14-26(25)44(52,53)38(32)61/h4-7,10-11,13,15,25-26,29,36-37,65H,12,14,16-18H2,1-3H3,(H,58,63)(H,59,60)(H,66,67)(H,68,69)/t25-,26+,29-,36-,37-/m0/s1. The van der Waals surface area contributed by atoms with Gasteiger partial charge in [0.15, 0.2) is 27.5 Å². The third-order valence-corrected chi connectivity index (χ3v) is 15.5. The van der Waals surface area contributed by atoms with E-state index in [1.54, 1.807) is 4.72 Å². The average molecular weight is 1140 g/mol. The summed E-state index contributed by atoms with van der Waals surface area (Å²) in [7, 11) is -9.22. The lowest BCUT2D eigenvalue weighted by molar-refractivity contribution is -0.177. The molecule has 7 rings (SSSR count). The number of pyridine rings is 1. The van der Waals surface area contributed by atoms with E-state index in [1.807, 2.05) is 0 Å². The summed E-state index contributed by atoms with van der Waals surface area (Å²) in [5, 5.41) is 32.8. The summed E-state index contributed by atoms with van der Waals surface area (Å²) < 4.78 is 204. The van der Waals surface area contributed by atoms with Crippen molar-refractivity contribution in [2.45, 2.75) is 87.0 Å². The van der Waals surface area contributed by atoms with E-state index in [9.17, 15) is 81.4 Å². The van der Waals surface area contributed by atoms with Gasteiger partial charge in [0.25, 0.3) is 5.92 Å². The number of carbonyl (C=O) groups is 4. The number of hydrogen-bond acceptors (Lipinski definition) is 12. The smallest absolute Gasteiger partial charge is 0.418 e. The normalized spacial score (nSPS) is 17.4. The minimum absolute atomic E-state index is 0.160. The molecule has 18 nitrogen and oxygen atoms in total. The summed E-state index contributed by atoms with van der Waals surface area (Å²) in [6.45, 7) is -0.897. The number of nitrogens with one attached hydrogen (secondary N) is 2. The van der Waals surface area contributed by atoms with Crippen molar-refractivity contribution >= 4 is 72.0 Å². The Morgan fingerprint density at radius 2 is 1.59 bits per heavy atom. The molecular formula is C45H37ClF10N6O12S2. The Morgan fingerprint density at radius 3 is 2.17 bits per heavy atom. The molecule has 5 aromatic rings. The number of sulfone groups is 1. The van der Waals surface area contributed by atoms with Gasteiger partial charge in [0, 0.05) is 35.6 Å². The van der Waals surface area contributed by atoms with Crippen LogP contribution >= 0.6 is 11.6 Å². The van der Waals surface area contributed by atoms with E-state index in [2.05, 4.69) is 32.0 Å². The molecule has 0 aliphatic heterocycles. The Kier molecular flexibility index (Phi) is 14.8. The number of amides is 1. The molecule has 3 heterocycles. The van der Waals surface area contributed by atoms with Crippen molar-refractivity contribution in [1.29, 1.82) is 0 Å². The van der Waals surface area contributed by atoms with Crippen molar-refractivity contribution in [3.8, 4) is 23.0 Å². The first-order valence-corrected chi connectivity index (χ1v) is 25.6. The molecule has 3 aromatic heterocycles. The van der Waals surface area contributed by atoms with Crippen LogP contribution in [0.1, 0.15) is 66.0 Å². The van der Waals surface area contributed by atoms with Crippen LogP contribution in [-0.4, -0.2) is 110 Å². The van der Waals surface area contributed by atoms with E-state index < -0.39 is 184 Å². The third kappa shape index (κ3) is 11.9. The number of sulfonamides is 1. The maximum absolute atomic E-state index is 15.6. The van der Waals surface area contributed by atoms with Crippen molar-refractivity contribution in [3.05, 3.63) is 99.1 Å². The molecule has 5 N–H and O–H groups in total. The molecule has 0 bridgehead atoms. The number of carboxylic acids is 2. The minimum Gasteiger partial charge on any atom is -0.479 e. The molecule has 31 heteroatoms. The molecule has 2 aliphatic carbocycles. The van der Waals surface area contributed by atoms with E-state index >= 15 is 8.78 Å². The summed E-state index contributed by atoms with van der Waals surface area (Å²) in [5.74, 6) is -14.5. The highest BCUT2D eigenvalue weighted by Gasteiger charge is 2.67. The van der Waals surface area contributed by atoms with Gasteiger partial charge in [-0.1, -0.05) is 23.6 Å². The molecule has 0 saturated heterocycles. The molecule has 76 heavy (non-hydrogen) atoms. The number of ether oxygens (including phenoxy) is 1. The van der Waals surface area contributed by atoms with E-state index in [-0.39, 0.29) is 27.9 Å². The Labute approximate surface area is 426 Å². The highest BCUT2D eigenvalue weighted by Crippen LogP contribution is 2.69. The topological polar surface area (TPSA) is 266 Å². The zero-order chi connectivity index (χ0) is 56.6. The summed E-state index contributed by atoms with van der Waals surface area (Å²) in [4.78, 5) is 53.9. The van der Waals surface area contributed by atoms with Gasteiger partial charge in [-0.15, -0.1) is 0 Å². The van der Waals surface area contributed by atoms with Crippen LogP contribution in [0.15, 0.2) is 48.7 Å². The highest BCUT2D eigenvalue weighted by molar-refractivity contribution is 7.93. The Morgan fingerprint density at radius 1 is 0.961 bits per heavy atom. The van der Waals surface area contributed by atoms with Gasteiger partial charge in [0.1, 0.15) is 35.2 Å². The summed E-state index contributed by atoms with van der Waals surface area (Å²) in [5.41, 5.74) is -5.91. The van der Waals surface area contributed by atoms with Gasteiger partial charge in [-0.25, -0.2) is 40.2 Å². The first-order valence-electron chi connectivity index (χ1n) is 21.7. The lowest BCUT2D eigenvalue weighted by Gasteiger charge is -2.24. The van der Waals surface area contributed by atoms with E-state index in [0.717, 1.165) is 42.7 Å². The average Bonchev–Trinajstić information content (AvgIpc) is 3.79. The van der Waals surface area contributed by atoms with Gasteiger partial charge in [-0.2, -0.15) is 40.2 Å². The van der Waals surface area contributed by atoms with Gasteiger partial charge < -0.3 is 29.9 Å². The van der Waals surface area contributed by atoms with Crippen LogP contribution in [0.5, 0.6) is 0 Å². The first-order chi connectivity index (χ1) is 34.9.